The lowest BCUT2D eigenvalue weighted by atomic mass is 10.1. The number of benzene rings is 2. The monoisotopic (exact) mass is 422 g/mol. The molecule has 2 amide bonds. The van der Waals surface area contributed by atoms with Crippen molar-refractivity contribution in [2.45, 2.75) is 45.6 Å². The van der Waals surface area contributed by atoms with Gasteiger partial charge in [0.05, 0.1) is 11.2 Å². The summed E-state index contributed by atoms with van der Waals surface area (Å²) in [6.45, 7) is 6.66. The number of alkyl carbamates (subject to hydrolysis) is 1. The molecule has 0 spiro atoms. The van der Waals surface area contributed by atoms with Crippen LogP contribution in [-0.2, 0) is 4.74 Å². The SMILES string of the molecule is CC(C)(C)OC(=O)NCCCCCNC(=O)c1ccc(-c2n[nH]c3ccccc23)cc1. The maximum atomic E-state index is 12.4. The minimum Gasteiger partial charge on any atom is -0.444 e. The van der Waals surface area contributed by atoms with Crippen molar-refractivity contribution in [2.75, 3.05) is 13.1 Å². The quantitative estimate of drug-likeness (QED) is 0.460. The molecule has 0 unspecified atom stereocenters. The fourth-order valence-electron chi connectivity index (χ4n) is 3.20. The van der Waals surface area contributed by atoms with Gasteiger partial charge in [-0.15, -0.1) is 0 Å². The van der Waals surface area contributed by atoms with Gasteiger partial charge < -0.3 is 15.4 Å². The van der Waals surface area contributed by atoms with E-state index < -0.39 is 11.7 Å². The average Bonchev–Trinajstić information content (AvgIpc) is 3.16. The normalized spacial score (nSPS) is 11.3. The number of ether oxygens (including phenoxy) is 1. The number of carbonyl (C=O) groups is 2. The van der Waals surface area contributed by atoms with Crippen LogP contribution in [0, 0.1) is 0 Å². The third kappa shape index (κ3) is 6.57. The van der Waals surface area contributed by atoms with Gasteiger partial charge >= 0.3 is 6.09 Å². The Labute approximate surface area is 182 Å². The molecule has 0 aliphatic heterocycles. The highest BCUT2D eigenvalue weighted by molar-refractivity contribution is 5.96. The molecule has 7 heteroatoms. The molecule has 164 valence electrons. The van der Waals surface area contributed by atoms with Crippen LogP contribution in [0.4, 0.5) is 4.79 Å². The zero-order valence-electron chi connectivity index (χ0n) is 18.3. The third-order valence-corrected chi connectivity index (χ3v) is 4.70. The molecule has 1 aromatic heterocycles. The molecule has 0 bridgehead atoms. The first-order chi connectivity index (χ1) is 14.8. The summed E-state index contributed by atoms with van der Waals surface area (Å²) in [4.78, 5) is 23.9. The van der Waals surface area contributed by atoms with Crippen molar-refractivity contribution >= 4 is 22.9 Å². The molecule has 3 aromatic rings. The summed E-state index contributed by atoms with van der Waals surface area (Å²) >= 11 is 0. The number of fused-ring (bicyclic) bond motifs is 1. The number of rotatable bonds is 8. The number of carbonyl (C=O) groups excluding carboxylic acids is 2. The Hall–Kier alpha value is -3.35. The number of aromatic amines is 1. The van der Waals surface area contributed by atoms with Crippen molar-refractivity contribution in [3.63, 3.8) is 0 Å². The zero-order valence-corrected chi connectivity index (χ0v) is 18.3. The topological polar surface area (TPSA) is 96.1 Å². The summed E-state index contributed by atoms with van der Waals surface area (Å²) in [5, 5.41) is 14.2. The number of hydrogen-bond donors (Lipinski definition) is 3. The van der Waals surface area contributed by atoms with Crippen LogP contribution in [0.1, 0.15) is 50.4 Å². The Morgan fingerprint density at radius 3 is 2.32 bits per heavy atom. The number of hydrogen-bond acceptors (Lipinski definition) is 4. The molecule has 0 atom stereocenters. The molecule has 31 heavy (non-hydrogen) atoms. The minimum absolute atomic E-state index is 0.0923. The second kappa shape index (κ2) is 10.1. The van der Waals surface area contributed by atoms with Gasteiger partial charge in [-0.2, -0.15) is 5.10 Å². The predicted molar refractivity (Wildman–Crippen MR) is 122 cm³/mol. The molecule has 3 rings (SSSR count). The van der Waals surface area contributed by atoms with Crippen molar-refractivity contribution in [3.8, 4) is 11.3 Å². The summed E-state index contributed by atoms with van der Waals surface area (Å²) < 4.78 is 5.19. The first-order valence-electron chi connectivity index (χ1n) is 10.6. The molecule has 0 fully saturated rings. The summed E-state index contributed by atoms with van der Waals surface area (Å²) in [7, 11) is 0. The lowest BCUT2D eigenvalue weighted by Gasteiger charge is -2.19. The van der Waals surface area contributed by atoms with E-state index in [1.165, 1.54) is 0 Å². The fraction of sp³-hybridized carbons (Fsp3) is 0.375. The Morgan fingerprint density at radius 1 is 0.935 bits per heavy atom. The standard InChI is InChI=1S/C24H30N4O3/c1-24(2,3)31-23(30)26-16-8-4-7-15-25-22(29)18-13-11-17(12-14-18)21-19-9-5-6-10-20(19)27-28-21/h5-6,9-14H,4,7-8,15-16H2,1-3H3,(H,25,29)(H,26,30)(H,27,28). The van der Waals surface area contributed by atoms with Crippen LogP contribution in [0.25, 0.3) is 22.2 Å². The van der Waals surface area contributed by atoms with Gasteiger partial charge in [0, 0.05) is 29.6 Å². The van der Waals surface area contributed by atoms with Gasteiger partial charge in [0.15, 0.2) is 0 Å². The van der Waals surface area contributed by atoms with Gasteiger partial charge in [0.1, 0.15) is 5.60 Å². The van der Waals surface area contributed by atoms with Crippen LogP contribution in [0.5, 0.6) is 0 Å². The van der Waals surface area contributed by atoms with Gasteiger partial charge in [-0.05, 0) is 58.2 Å². The molecular weight excluding hydrogens is 392 g/mol. The first kappa shape index (κ1) is 22.3. The second-order valence-electron chi connectivity index (χ2n) is 8.44. The van der Waals surface area contributed by atoms with E-state index in [0.29, 0.717) is 18.7 Å². The molecule has 7 nitrogen and oxygen atoms in total. The summed E-state index contributed by atoms with van der Waals surface area (Å²) in [5.74, 6) is -0.0923. The van der Waals surface area contributed by atoms with E-state index in [0.717, 1.165) is 41.4 Å². The molecule has 1 heterocycles. The number of amides is 2. The number of nitrogens with one attached hydrogen (secondary N) is 3. The number of nitrogens with zero attached hydrogens (tertiary/aromatic N) is 1. The van der Waals surface area contributed by atoms with Crippen LogP contribution >= 0.6 is 0 Å². The highest BCUT2D eigenvalue weighted by Gasteiger charge is 2.15. The van der Waals surface area contributed by atoms with Crippen LogP contribution in [0.2, 0.25) is 0 Å². The molecule has 0 radical (unpaired) electrons. The van der Waals surface area contributed by atoms with Crippen molar-refractivity contribution in [1.82, 2.24) is 20.8 Å². The van der Waals surface area contributed by atoms with Gasteiger partial charge in [-0.3, -0.25) is 9.89 Å². The number of aromatic nitrogens is 2. The lowest BCUT2D eigenvalue weighted by molar-refractivity contribution is 0.0527. The minimum atomic E-state index is -0.488. The van der Waals surface area contributed by atoms with Crippen LogP contribution in [-0.4, -0.2) is 40.9 Å². The molecule has 3 N–H and O–H groups in total. The first-order valence-corrected chi connectivity index (χ1v) is 10.6. The molecule has 0 aliphatic carbocycles. The molecule has 0 saturated carbocycles. The second-order valence-corrected chi connectivity index (χ2v) is 8.44. The Kier molecular flexibility index (Phi) is 7.28. The molecule has 0 aliphatic rings. The average molecular weight is 423 g/mol. The Morgan fingerprint density at radius 2 is 1.61 bits per heavy atom. The number of H-pyrrole nitrogens is 1. The van der Waals surface area contributed by atoms with Crippen molar-refractivity contribution in [3.05, 3.63) is 54.1 Å². The Bertz CT molecular complexity index is 1020. The Balaban J connectivity index is 1.38. The lowest BCUT2D eigenvalue weighted by Crippen LogP contribution is -2.33. The summed E-state index contributed by atoms with van der Waals surface area (Å²) in [6.07, 6.45) is 2.19. The largest absolute Gasteiger partial charge is 0.444 e. The number of para-hydroxylation sites is 1. The highest BCUT2D eigenvalue weighted by Crippen LogP contribution is 2.26. The van der Waals surface area contributed by atoms with Crippen LogP contribution in [0.3, 0.4) is 0 Å². The predicted octanol–water partition coefficient (Wildman–Crippen LogP) is 4.65. The van der Waals surface area contributed by atoms with Gasteiger partial charge in [0.25, 0.3) is 5.91 Å². The van der Waals surface area contributed by atoms with E-state index in [2.05, 4.69) is 20.8 Å². The molecule has 2 aromatic carbocycles. The third-order valence-electron chi connectivity index (χ3n) is 4.70. The summed E-state index contributed by atoms with van der Waals surface area (Å²) in [6, 6.07) is 15.4. The van der Waals surface area contributed by atoms with E-state index in [-0.39, 0.29) is 5.91 Å². The van der Waals surface area contributed by atoms with Gasteiger partial charge in [-0.1, -0.05) is 30.3 Å². The van der Waals surface area contributed by atoms with Crippen molar-refractivity contribution < 1.29 is 14.3 Å². The van der Waals surface area contributed by atoms with E-state index in [4.69, 9.17) is 4.74 Å². The van der Waals surface area contributed by atoms with Gasteiger partial charge in [0.2, 0.25) is 0 Å². The van der Waals surface area contributed by atoms with Crippen LogP contribution in [0.15, 0.2) is 48.5 Å². The van der Waals surface area contributed by atoms with E-state index in [9.17, 15) is 9.59 Å². The fourth-order valence-corrected chi connectivity index (χ4v) is 3.20. The molecule has 0 saturated heterocycles. The van der Waals surface area contributed by atoms with E-state index >= 15 is 0 Å². The van der Waals surface area contributed by atoms with Gasteiger partial charge in [-0.25, -0.2) is 4.79 Å². The maximum absolute atomic E-state index is 12.4. The molecular formula is C24H30N4O3. The van der Waals surface area contributed by atoms with Crippen LogP contribution < -0.4 is 10.6 Å². The number of unbranched alkanes of at least 4 members (excludes halogenated alkanes) is 2. The highest BCUT2D eigenvalue weighted by atomic mass is 16.6. The summed E-state index contributed by atoms with van der Waals surface area (Å²) in [5.41, 5.74) is 2.96. The maximum Gasteiger partial charge on any atom is 0.407 e. The van der Waals surface area contributed by atoms with E-state index in [1.807, 2.05) is 69.3 Å². The van der Waals surface area contributed by atoms with Crippen molar-refractivity contribution in [1.29, 1.82) is 0 Å². The smallest absolute Gasteiger partial charge is 0.407 e. The van der Waals surface area contributed by atoms with Crippen molar-refractivity contribution in [2.24, 2.45) is 0 Å². The van der Waals surface area contributed by atoms with E-state index in [1.54, 1.807) is 0 Å². The zero-order chi connectivity index (χ0) is 22.3.